The first kappa shape index (κ1) is 13.6. The van der Waals surface area contributed by atoms with Gasteiger partial charge in [0.2, 0.25) is 0 Å². The lowest BCUT2D eigenvalue weighted by atomic mass is 10.3. The summed E-state index contributed by atoms with van der Waals surface area (Å²) in [5.41, 5.74) is 0.733. The number of hydrogen-bond acceptors (Lipinski definition) is 4. The van der Waals surface area contributed by atoms with Gasteiger partial charge in [-0.2, -0.15) is 0 Å². The van der Waals surface area contributed by atoms with Gasteiger partial charge in [-0.05, 0) is 30.1 Å². The lowest BCUT2D eigenvalue weighted by molar-refractivity contribution is 0.596. The molecule has 0 fully saturated rings. The molecule has 0 radical (unpaired) electrons. The molecule has 18 heavy (non-hydrogen) atoms. The lowest BCUT2D eigenvalue weighted by Crippen LogP contribution is -2.24. The number of H-pyrrole nitrogens is 1. The second-order valence-electron chi connectivity index (χ2n) is 4.15. The van der Waals surface area contributed by atoms with Crippen LogP contribution < -0.4 is 5.56 Å². The van der Waals surface area contributed by atoms with Crippen LogP contribution in [0.2, 0.25) is 0 Å². The molecular weight excluding hydrogens is 288 g/mol. The van der Waals surface area contributed by atoms with Gasteiger partial charge in [-0.3, -0.25) is 13.6 Å². The molecule has 0 spiro atoms. The van der Waals surface area contributed by atoms with E-state index >= 15 is 0 Å². The maximum Gasteiger partial charge on any atom is 0.272 e. The number of aromatic nitrogens is 2. The molecule has 0 bridgehead atoms. The van der Waals surface area contributed by atoms with Crippen molar-refractivity contribution in [3.05, 3.63) is 26.6 Å². The normalized spacial score (nSPS) is 14.8. The Morgan fingerprint density at radius 1 is 1.61 bits per heavy atom. The molecule has 2 aromatic rings. The van der Waals surface area contributed by atoms with E-state index in [4.69, 9.17) is 12.2 Å². The van der Waals surface area contributed by atoms with Gasteiger partial charge in [0.15, 0.2) is 4.77 Å². The van der Waals surface area contributed by atoms with Crippen molar-refractivity contribution in [3.8, 4) is 0 Å². The fraction of sp³-hybridized carbons (Fsp3) is 0.455. The van der Waals surface area contributed by atoms with Crippen LogP contribution in [0.1, 0.15) is 13.3 Å². The summed E-state index contributed by atoms with van der Waals surface area (Å²) >= 11 is 6.59. The molecule has 7 heteroatoms. The van der Waals surface area contributed by atoms with E-state index in [9.17, 15) is 9.00 Å². The Morgan fingerprint density at radius 3 is 3.00 bits per heavy atom. The van der Waals surface area contributed by atoms with E-state index in [0.29, 0.717) is 22.4 Å². The highest BCUT2D eigenvalue weighted by atomic mass is 32.2. The first-order chi connectivity index (χ1) is 8.50. The Labute approximate surface area is 116 Å². The second-order valence-corrected chi connectivity index (χ2v) is 7.25. The van der Waals surface area contributed by atoms with Gasteiger partial charge in [0, 0.05) is 28.9 Å². The van der Waals surface area contributed by atoms with E-state index in [1.165, 1.54) is 11.3 Å². The van der Waals surface area contributed by atoms with Crippen molar-refractivity contribution in [2.75, 3.05) is 6.26 Å². The Kier molecular flexibility index (Phi) is 4.14. The molecule has 2 atom stereocenters. The van der Waals surface area contributed by atoms with Gasteiger partial charge >= 0.3 is 0 Å². The highest BCUT2D eigenvalue weighted by molar-refractivity contribution is 7.84. The van der Waals surface area contributed by atoms with Crippen LogP contribution in [0.4, 0.5) is 0 Å². The molecule has 0 saturated heterocycles. The van der Waals surface area contributed by atoms with Crippen LogP contribution in [0.15, 0.2) is 16.2 Å². The molecule has 4 nitrogen and oxygen atoms in total. The predicted molar refractivity (Wildman–Crippen MR) is 79.4 cm³/mol. The van der Waals surface area contributed by atoms with E-state index in [1.807, 2.05) is 18.4 Å². The van der Waals surface area contributed by atoms with E-state index in [0.717, 1.165) is 5.52 Å². The van der Waals surface area contributed by atoms with Gasteiger partial charge in [0.1, 0.15) is 4.70 Å². The van der Waals surface area contributed by atoms with Crippen LogP contribution in [0, 0.1) is 4.77 Å². The summed E-state index contributed by atoms with van der Waals surface area (Å²) in [6.45, 7) is 2.42. The topological polar surface area (TPSA) is 54.9 Å². The predicted octanol–water partition coefficient (Wildman–Crippen LogP) is 2.28. The maximum atomic E-state index is 12.2. The minimum absolute atomic E-state index is 0.0576. The van der Waals surface area contributed by atoms with Crippen molar-refractivity contribution >= 4 is 44.6 Å². The molecule has 2 rings (SSSR count). The first-order valence-corrected chi connectivity index (χ1v) is 8.44. The standard InChI is InChI=1S/C11H14N2O2S3/c1-7(18(2)15)3-5-13-10(14)9-8(4-6-17-9)12-11(13)16/h4,6-7H,3,5H2,1-2H3,(H,12,16). The minimum Gasteiger partial charge on any atom is -0.331 e. The summed E-state index contributed by atoms with van der Waals surface area (Å²) in [5.74, 6) is 0. The second kappa shape index (κ2) is 5.46. The zero-order chi connectivity index (χ0) is 13.3. The average molecular weight is 302 g/mol. The number of fused-ring (bicyclic) bond motifs is 1. The molecule has 0 amide bonds. The van der Waals surface area contributed by atoms with Gasteiger partial charge in [-0.25, -0.2) is 0 Å². The zero-order valence-electron chi connectivity index (χ0n) is 10.1. The van der Waals surface area contributed by atoms with Crippen LogP contribution in [-0.2, 0) is 17.3 Å². The maximum absolute atomic E-state index is 12.2. The van der Waals surface area contributed by atoms with E-state index in [-0.39, 0.29) is 10.8 Å². The third-order valence-corrected chi connectivity index (χ3v) is 5.51. The van der Waals surface area contributed by atoms with Crippen molar-refractivity contribution in [1.82, 2.24) is 9.55 Å². The van der Waals surface area contributed by atoms with Crippen molar-refractivity contribution in [1.29, 1.82) is 0 Å². The smallest absolute Gasteiger partial charge is 0.272 e. The number of nitrogens with one attached hydrogen (secondary N) is 1. The lowest BCUT2D eigenvalue weighted by Gasteiger charge is -2.10. The molecule has 0 aromatic carbocycles. The average Bonchev–Trinajstić information content (AvgIpc) is 2.76. The first-order valence-electron chi connectivity index (χ1n) is 5.53. The van der Waals surface area contributed by atoms with Crippen molar-refractivity contribution < 1.29 is 4.21 Å². The summed E-state index contributed by atoms with van der Waals surface area (Å²) < 4.78 is 14.0. The Bertz CT molecular complexity index is 698. The van der Waals surface area contributed by atoms with Crippen LogP contribution >= 0.6 is 23.6 Å². The van der Waals surface area contributed by atoms with Crippen molar-refractivity contribution in [2.45, 2.75) is 25.1 Å². The highest BCUT2D eigenvalue weighted by Gasteiger charge is 2.10. The molecule has 0 aliphatic carbocycles. The summed E-state index contributed by atoms with van der Waals surface area (Å²) in [7, 11) is -0.874. The number of nitrogens with zero attached hydrogens (tertiary/aromatic N) is 1. The van der Waals surface area contributed by atoms with E-state index in [1.54, 1.807) is 10.8 Å². The summed E-state index contributed by atoms with van der Waals surface area (Å²) in [6.07, 6.45) is 2.36. The molecule has 2 unspecified atom stereocenters. The third kappa shape index (κ3) is 2.62. The van der Waals surface area contributed by atoms with Gasteiger partial charge in [0.25, 0.3) is 5.56 Å². The van der Waals surface area contributed by atoms with Crippen LogP contribution in [-0.4, -0.2) is 25.3 Å². The van der Waals surface area contributed by atoms with Crippen molar-refractivity contribution in [3.63, 3.8) is 0 Å². The minimum atomic E-state index is -0.874. The van der Waals surface area contributed by atoms with Gasteiger partial charge in [0.05, 0.1) is 5.52 Å². The highest BCUT2D eigenvalue weighted by Crippen LogP contribution is 2.14. The zero-order valence-corrected chi connectivity index (χ0v) is 12.6. The molecule has 2 aromatic heterocycles. The Balaban J connectivity index is 2.36. The van der Waals surface area contributed by atoms with E-state index in [2.05, 4.69) is 4.98 Å². The largest absolute Gasteiger partial charge is 0.331 e. The molecule has 0 aliphatic heterocycles. The van der Waals surface area contributed by atoms with Gasteiger partial charge < -0.3 is 4.98 Å². The van der Waals surface area contributed by atoms with Crippen LogP contribution in [0.3, 0.4) is 0 Å². The third-order valence-electron chi connectivity index (χ3n) is 2.92. The summed E-state index contributed by atoms with van der Waals surface area (Å²) in [5, 5.41) is 1.93. The fourth-order valence-electron chi connectivity index (χ4n) is 1.65. The Morgan fingerprint density at radius 2 is 2.33 bits per heavy atom. The van der Waals surface area contributed by atoms with E-state index < -0.39 is 10.8 Å². The molecule has 1 N–H and O–H groups in total. The fourth-order valence-corrected chi connectivity index (χ4v) is 3.17. The Hall–Kier alpha value is -0.790. The summed E-state index contributed by atoms with van der Waals surface area (Å²) in [4.78, 5) is 15.2. The molecule has 0 saturated carbocycles. The van der Waals surface area contributed by atoms with Crippen molar-refractivity contribution in [2.24, 2.45) is 0 Å². The molecule has 98 valence electrons. The number of aromatic amines is 1. The monoisotopic (exact) mass is 302 g/mol. The molecule has 2 heterocycles. The molecular formula is C11H14N2O2S3. The number of hydrogen-bond donors (Lipinski definition) is 1. The SMILES string of the molecule is CC(CCn1c(=S)[nH]c2ccsc2c1=O)S(C)=O. The van der Waals surface area contributed by atoms with Gasteiger partial charge in [-0.1, -0.05) is 6.92 Å². The number of thiophene rings is 1. The van der Waals surface area contributed by atoms with Crippen LogP contribution in [0.5, 0.6) is 0 Å². The quantitative estimate of drug-likeness (QED) is 0.882. The van der Waals surface area contributed by atoms with Gasteiger partial charge in [-0.15, -0.1) is 11.3 Å². The van der Waals surface area contributed by atoms with Crippen LogP contribution in [0.25, 0.3) is 10.2 Å². The molecule has 0 aliphatic rings. The number of rotatable bonds is 4. The summed E-state index contributed by atoms with van der Waals surface area (Å²) in [6, 6.07) is 1.85.